The highest BCUT2D eigenvalue weighted by molar-refractivity contribution is 6.17. The third kappa shape index (κ3) is 4.17. The van der Waals surface area contributed by atoms with Gasteiger partial charge >= 0.3 is 0 Å². The summed E-state index contributed by atoms with van der Waals surface area (Å²) in [5, 5.41) is 0. The van der Waals surface area contributed by atoms with Crippen LogP contribution in [0, 0.1) is 11.8 Å². The van der Waals surface area contributed by atoms with Crippen LogP contribution < -0.4 is 0 Å². The van der Waals surface area contributed by atoms with E-state index in [0.29, 0.717) is 0 Å². The van der Waals surface area contributed by atoms with Gasteiger partial charge in [-0.15, -0.1) is 11.6 Å². The molecule has 2 unspecified atom stereocenters. The molecule has 76 valence electrons. The molecule has 0 nitrogen and oxygen atoms in total. The summed E-state index contributed by atoms with van der Waals surface area (Å²) < 4.78 is 0. The Labute approximate surface area is 87.4 Å². The third-order valence-electron chi connectivity index (χ3n) is 2.91. The molecule has 1 fully saturated rings. The molecule has 2 aliphatic carbocycles. The second kappa shape index (κ2) is 6.48. The van der Waals surface area contributed by atoms with Gasteiger partial charge in [0.25, 0.3) is 0 Å². The van der Waals surface area contributed by atoms with Crippen LogP contribution in [0.3, 0.4) is 0 Å². The first-order valence-corrected chi connectivity index (χ1v) is 6.14. The Hall–Kier alpha value is 0.0300. The van der Waals surface area contributed by atoms with Gasteiger partial charge in [0.05, 0.1) is 0 Å². The maximum atomic E-state index is 5.38. The van der Waals surface area contributed by atoms with Crippen LogP contribution in [0.25, 0.3) is 0 Å². The minimum Gasteiger partial charge on any atom is -0.127 e. The zero-order chi connectivity index (χ0) is 9.52. The van der Waals surface area contributed by atoms with Crippen molar-refractivity contribution in [2.75, 3.05) is 5.88 Å². The molecule has 2 aliphatic rings. The number of unbranched alkanes of at least 4 members (excludes halogenated alkanes) is 2. The number of alkyl halides is 1. The Kier molecular flexibility index (Phi) is 5.54. The van der Waals surface area contributed by atoms with Crippen molar-refractivity contribution in [1.82, 2.24) is 0 Å². The van der Waals surface area contributed by atoms with E-state index in [0.717, 1.165) is 17.7 Å². The molecule has 0 aromatic carbocycles. The first kappa shape index (κ1) is 11.1. The number of hydrogen-bond acceptors (Lipinski definition) is 0. The van der Waals surface area contributed by atoms with Gasteiger partial charge in [0.15, 0.2) is 0 Å². The van der Waals surface area contributed by atoms with E-state index in [1.807, 2.05) is 0 Å². The summed E-state index contributed by atoms with van der Waals surface area (Å²) in [5.41, 5.74) is 0. The molecule has 0 aromatic heterocycles. The van der Waals surface area contributed by atoms with Crippen LogP contribution in [-0.2, 0) is 0 Å². The van der Waals surface area contributed by atoms with E-state index in [1.165, 1.54) is 38.5 Å². The van der Waals surface area contributed by atoms with Crippen LogP contribution >= 0.6 is 11.6 Å². The fraction of sp³-hybridized carbons (Fsp3) is 0.833. The van der Waals surface area contributed by atoms with E-state index in [9.17, 15) is 0 Å². The molecule has 0 radical (unpaired) electrons. The average molecular weight is 201 g/mol. The van der Waals surface area contributed by atoms with Crippen molar-refractivity contribution >= 4 is 11.6 Å². The van der Waals surface area contributed by atoms with E-state index >= 15 is 0 Å². The Bertz CT molecular complexity index is 135. The van der Waals surface area contributed by atoms with Crippen LogP contribution in [0.5, 0.6) is 0 Å². The first-order valence-electron chi connectivity index (χ1n) is 5.61. The van der Waals surface area contributed by atoms with Crippen LogP contribution in [0.2, 0.25) is 0 Å². The van der Waals surface area contributed by atoms with Gasteiger partial charge in [-0.1, -0.05) is 31.9 Å². The summed E-state index contributed by atoms with van der Waals surface area (Å²) in [5.74, 6) is 2.81. The third-order valence-corrected chi connectivity index (χ3v) is 3.17. The van der Waals surface area contributed by atoms with Crippen molar-refractivity contribution in [3.63, 3.8) is 0 Å². The normalized spacial score (nSPS) is 28.8. The lowest BCUT2D eigenvalue weighted by Gasteiger charge is -1.96. The molecular formula is C12H21Cl. The molecular weight excluding hydrogens is 180 g/mol. The molecule has 0 heterocycles. The predicted molar refractivity (Wildman–Crippen MR) is 60.2 cm³/mol. The van der Waals surface area contributed by atoms with Gasteiger partial charge < -0.3 is 0 Å². The van der Waals surface area contributed by atoms with Crippen molar-refractivity contribution in [2.45, 2.75) is 45.4 Å². The van der Waals surface area contributed by atoms with E-state index < -0.39 is 0 Å². The fourth-order valence-corrected chi connectivity index (χ4v) is 2.25. The fourth-order valence-electron chi connectivity index (χ4n) is 2.06. The monoisotopic (exact) mass is 200 g/mol. The van der Waals surface area contributed by atoms with E-state index in [4.69, 9.17) is 11.6 Å². The summed E-state index contributed by atoms with van der Waals surface area (Å²) in [7, 11) is 0. The molecule has 2 bridgehead atoms. The largest absolute Gasteiger partial charge is 0.127 e. The average Bonchev–Trinajstić information content (AvgIpc) is 2.79. The van der Waals surface area contributed by atoms with Crippen molar-refractivity contribution in [2.24, 2.45) is 11.8 Å². The van der Waals surface area contributed by atoms with Gasteiger partial charge in [0, 0.05) is 5.88 Å². The molecule has 1 heteroatoms. The maximum absolute atomic E-state index is 5.38. The highest BCUT2D eigenvalue weighted by atomic mass is 35.5. The Morgan fingerprint density at radius 1 is 1.15 bits per heavy atom. The summed E-state index contributed by atoms with van der Waals surface area (Å²) in [6.45, 7) is 2.17. The molecule has 2 rings (SSSR count). The van der Waals surface area contributed by atoms with Crippen LogP contribution in [0.4, 0.5) is 0 Å². The van der Waals surface area contributed by atoms with Gasteiger partial charge in [0.1, 0.15) is 0 Å². The first-order chi connectivity index (χ1) is 6.36. The van der Waals surface area contributed by atoms with Crippen molar-refractivity contribution < 1.29 is 0 Å². The SMILES string of the molecule is C1=CC2CCC1C2.CCCCCCl. The molecule has 0 amide bonds. The number of rotatable bonds is 3. The second-order valence-electron chi connectivity index (χ2n) is 4.11. The van der Waals surface area contributed by atoms with Crippen molar-refractivity contribution in [3.8, 4) is 0 Å². The highest BCUT2D eigenvalue weighted by Gasteiger charge is 2.25. The summed E-state index contributed by atoms with van der Waals surface area (Å²) in [6, 6.07) is 0. The van der Waals surface area contributed by atoms with E-state index in [2.05, 4.69) is 19.1 Å². The molecule has 0 aliphatic heterocycles. The highest BCUT2D eigenvalue weighted by Crippen LogP contribution is 2.38. The summed E-state index contributed by atoms with van der Waals surface area (Å²) >= 11 is 5.38. The van der Waals surface area contributed by atoms with E-state index in [1.54, 1.807) is 0 Å². The minimum absolute atomic E-state index is 0.827. The van der Waals surface area contributed by atoms with E-state index in [-0.39, 0.29) is 0 Å². The van der Waals surface area contributed by atoms with Crippen LogP contribution in [-0.4, -0.2) is 5.88 Å². The van der Waals surface area contributed by atoms with Gasteiger partial charge in [-0.3, -0.25) is 0 Å². The molecule has 0 spiro atoms. The zero-order valence-corrected chi connectivity index (χ0v) is 9.39. The predicted octanol–water partition coefficient (Wildman–Crippen LogP) is 4.39. The van der Waals surface area contributed by atoms with Gasteiger partial charge in [-0.05, 0) is 37.5 Å². The Balaban J connectivity index is 0.000000133. The zero-order valence-electron chi connectivity index (χ0n) is 8.64. The topological polar surface area (TPSA) is 0 Å². The molecule has 2 atom stereocenters. The lowest BCUT2D eigenvalue weighted by atomic mass is 10.1. The van der Waals surface area contributed by atoms with Gasteiger partial charge in [0.2, 0.25) is 0 Å². The summed E-state index contributed by atoms with van der Waals surface area (Å²) in [6.07, 6.45) is 12.9. The molecule has 13 heavy (non-hydrogen) atoms. The Morgan fingerprint density at radius 3 is 1.92 bits per heavy atom. The summed E-state index contributed by atoms with van der Waals surface area (Å²) in [4.78, 5) is 0. The lowest BCUT2D eigenvalue weighted by Crippen LogP contribution is -1.82. The number of allylic oxidation sites excluding steroid dienone is 2. The van der Waals surface area contributed by atoms with Crippen molar-refractivity contribution in [3.05, 3.63) is 12.2 Å². The number of halogens is 1. The maximum Gasteiger partial charge on any atom is 0.0223 e. The van der Waals surface area contributed by atoms with Crippen molar-refractivity contribution in [1.29, 1.82) is 0 Å². The van der Waals surface area contributed by atoms with Gasteiger partial charge in [-0.2, -0.15) is 0 Å². The number of fused-ring (bicyclic) bond motifs is 2. The molecule has 1 saturated carbocycles. The smallest absolute Gasteiger partial charge is 0.0223 e. The minimum atomic E-state index is 0.827. The quantitative estimate of drug-likeness (QED) is 0.360. The molecule has 0 aromatic rings. The van der Waals surface area contributed by atoms with Crippen LogP contribution in [0.1, 0.15) is 45.4 Å². The van der Waals surface area contributed by atoms with Gasteiger partial charge in [-0.25, -0.2) is 0 Å². The Morgan fingerprint density at radius 2 is 1.77 bits per heavy atom. The lowest BCUT2D eigenvalue weighted by molar-refractivity contribution is 0.691. The number of hydrogen-bond donors (Lipinski definition) is 0. The standard InChI is InChI=1S/C7H10.C5H11Cl/c1-2-7-4-3-6(1)5-7;1-2-3-4-5-6/h1-2,6-7H,3-5H2;2-5H2,1H3. The molecule has 0 saturated heterocycles. The second-order valence-corrected chi connectivity index (χ2v) is 4.49. The van der Waals surface area contributed by atoms with Crippen LogP contribution in [0.15, 0.2) is 12.2 Å². The molecule has 0 N–H and O–H groups in total.